The summed E-state index contributed by atoms with van der Waals surface area (Å²) in [5.74, 6) is -1.98. The third-order valence-electron chi connectivity index (χ3n) is 1.80. The Bertz CT molecular complexity index is 466. The van der Waals surface area contributed by atoms with Crippen LogP contribution in [0.2, 0.25) is 0 Å². The van der Waals surface area contributed by atoms with Gasteiger partial charge in [0.05, 0.1) is 5.56 Å². The van der Waals surface area contributed by atoms with Gasteiger partial charge in [-0.1, -0.05) is 0 Å². The van der Waals surface area contributed by atoms with Crippen LogP contribution in [-0.4, -0.2) is 17.7 Å². The van der Waals surface area contributed by atoms with Gasteiger partial charge in [-0.05, 0) is 24.6 Å². The van der Waals surface area contributed by atoms with E-state index >= 15 is 0 Å². The standard InChI is InChI=1S/C10H7F2NO3/c1-5-2-6(4-13)8(9(14)15)7(3-5)16-10(11)12/h2-3,10H,1H3,(H,14,15). The van der Waals surface area contributed by atoms with Gasteiger partial charge >= 0.3 is 12.6 Å². The summed E-state index contributed by atoms with van der Waals surface area (Å²) in [5.41, 5.74) is -0.284. The van der Waals surface area contributed by atoms with E-state index in [4.69, 9.17) is 10.4 Å². The molecule has 16 heavy (non-hydrogen) atoms. The molecule has 1 aromatic carbocycles. The number of rotatable bonds is 3. The summed E-state index contributed by atoms with van der Waals surface area (Å²) < 4.78 is 28.1. The maximum Gasteiger partial charge on any atom is 0.387 e. The van der Waals surface area contributed by atoms with Crippen molar-refractivity contribution in [1.29, 1.82) is 5.26 Å². The number of aryl methyl sites for hydroxylation is 1. The molecule has 0 spiro atoms. The SMILES string of the molecule is Cc1cc(C#N)c(C(=O)O)c(OC(F)F)c1. The number of nitriles is 1. The van der Waals surface area contributed by atoms with Crippen LogP contribution in [0.25, 0.3) is 0 Å². The fraction of sp³-hybridized carbons (Fsp3) is 0.200. The Balaban J connectivity index is 3.39. The Morgan fingerprint density at radius 1 is 1.56 bits per heavy atom. The van der Waals surface area contributed by atoms with Gasteiger partial charge < -0.3 is 9.84 Å². The number of ether oxygens (including phenoxy) is 1. The highest BCUT2D eigenvalue weighted by Crippen LogP contribution is 2.26. The lowest BCUT2D eigenvalue weighted by Crippen LogP contribution is -2.09. The number of halogens is 2. The molecule has 84 valence electrons. The van der Waals surface area contributed by atoms with Crippen molar-refractivity contribution in [1.82, 2.24) is 0 Å². The zero-order chi connectivity index (χ0) is 12.3. The van der Waals surface area contributed by atoms with Crippen molar-refractivity contribution in [3.63, 3.8) is 0 Å². The first kappa shape index (κ1) is 11.9. The summed E-state index contributed by atoms with van der Waals surface area (Å²) in [5, 5.41) is 17.5. The molecule has 1 rings (SSSR count). The first-order valence-electron chi connectivity index (χ1n) is 4.18. The van der Waals surface area contributed by atoms with Crippen LogP contribution in [0, 0.1) is 18.3 Å². The van der Waals surface area contributed by atoms with Crippen LogP contribution < -0.4 is 4.74 Å². The quantitative estimate of drug-likeness (QED) is 0.858. The fourth-order valence-electron chi connectivity index (χ4n) is 1.25. The Morgan fingerprint density at radius 2 is 2.19 bits per heavy atom. The molecular weight excluding hydrogens is 220 g/mol. The topological polar surface area (TPSA) is 70.3 Å². The van der Waals surface area contributed by atoms with Crippen molar-refractivity contribution in [2.24, 2.45) is 0 Å². The maximum absolute atomic E-state index is 12.0. The highest BCUT2D eigenvalue weighted by Gasteiger charge is 2.20. The molecular formula is C10H7F2NO3. The Hall–Kier alpha value is -2.16. The van der Waals surface area contributed by atoms with Gasteiger partial charge in [0.15, 0.2) is 0 Å². The Morgan fingerprint density at radius 3 is 2.62 bits per heavy atom. The van der Waals surface area contributed by atoms with E-state index in [9.17, 15) is 13.6 Å². The predicted octanol–water partition coefficient (Wildman–Crippen LogP) is 2.17. The summed E-state index contributed by atoms with van der Waals surface area (Å²) in [6.07, 6.45) is 0. The van der Waals surface area contributed by atoms with E-state index < -0.39 is 23.9 Å². The van der Waals surface area contributed by atoms with Crippen molar-refractivity contribution in [3.8, 4) is 11.8 Å². The van der Waals surface area contributed by atoms with Crippen LogP contribution in [0.4, 0.5) is 8.78 Å². The molecule has 0 heterocycles. The minimum atomic E-state index is -3.13. The summed E-state index contributed by atoms with van der Waals surface area (Å²) in [6.45, 7) is -1.59. The molecule has 4 nitrogen and oxygen atoms in total. The van der Waals surface area contributed by atoms with Crippen LogP contribution in [0.5, 0.6) is 5.75 Å². The van der Waals surface area contributed by atoms with Gasteiger partial charge in [-0.3, -0.25) is 0 Å². The molecule has 0 saturated heterocycles. The van der Waals surface area contributed by atoms with Crippen molar-refractivity contribution >= 4 is 5.97 Å². The molecule has 0 amide bonds. The predicted molar refractivity (Wildman–Crippen MR) is 49.5 cm³/mol. The van der Waals surface area contributed by atoms with E-state index in [1.165, 1.54) is 6.07 Å². The Kier molecular flexibility index (Phi) is 3.40. The second-order valence-corrected chi connectivity index (χ2v) is 2.98. The largest absolute Gasteiger partial charge is 0.478 e. The van der Waals surface area contributed by atoms with Gasteiger partial charge in [-0.25, -0.2) is 4.79 Å². The summed E-state index contributed by atoms with van der Waals surface area (Å²) in [7, 11) is 0. The van der Waals surface area contributed by atoms with Crippen molar-refractivity contribution in [3.05, 3.63) is 28.8 Å². The molecule has 0 aliphatic heterocycles. The van der Waals surface area contributed by atoms with Crippen LogP contribution in [0.1, 0.15) is 21.5 Å². The minimum absolute atomic E-state index is 0.205. The molecule has 0 bridgehead atoms. The molecule has 1 aromatic rings. The molecule has 0 aromatic heterocycles. The molecule has 0 saturated carbocycles. The van der Waals surface area contributed by atoms with E-state index in [-0.39, 0.29) is 5.56 Å². The number of carboxylic acid groups (broad SMARTS) is 1. The third kappa shape index (κ3) is 2.45. The molecule has 6 heteroatoms. The van der Waals surface area contributed by atoms with Gasteiger partial charge in [-0.2, -0.15) is 14.0 Å². The average Bonchev–Trinajstić information content (AvgIpc) is 2.14. The molecule has 0 fully saturated rings. The number of carboxylic acids is 1. The van der Waals surface area contributed by atoms with Crippen molar-refractivity contribution in [2.45, 2.75) is 13.5 Å². The summed E-state index contributed by atoms with van der Waals surface area (Å²) >= 11 is 0. The van der Waals surface area contributed by atoms with E-state index in [2.05, 4.69) is 4.74 Å². The third-order valence-corrected chi connectivity index (χ3v) is 1.80. The lowest BCUT2D eigenvalue weighted by atomic mass is 10.0. The number of aromatic carboxylic acids is 1. The fourth-order valence-corrected chi connectivity index (χ4v) is 1.25. The summed E-state index contributed by atoms with van der Waals surface area (Å²) in [4.78, 5) is 10.8. The van der Waals surface area contributed by atoms with Gasteiger partial charge in [0.2, 0.25) is 0 Å². The van der Waals surface area contributed by atoms with E-state index in [1.807, 2.05) is 0 Å². The average molecular weight is 227 g/mol. The minimum Gasteiger partial charge on any atom is -0.478 e. The molecule has 0 unspecified atom stereocenters. The maximum atomic E-state index is 12.0. The number of nitrogens with zero attached hydrogens (tertiary/aromatic N) is 1. The summed E-state index contributed by atoms with van der Waals surface area (Å²) in [6, 6.07) is 4.07. The zero-order valence-electron chi connectivity index (χ0n) is 8.20. The number of hydrogen-bond donors (Lipinski definition) is 1. The number of carbonyl (C=O) groups is 1. The lowest BCUT2D eigenvalue weighted by Gasteiger charge is -2.10. The molecule has 0 aliphatic carbocycles. The van der Waals surface area contributed by atoms with Gasteiger partial charge in [0.1, 0.15) is 17.4 Å². The first-order chi connectivity index (χ1) is 7.45. The van der Waals surface area contributed by atoms with Gasteiger partial charge in [0, 0.05) is 0 Å². The molecule has 0 radical (unpaired) electrons. The highest BCUT2D eigenvalue weighted by atomic mass is 19.3. The molecule has 0 atom stereocenters. The second-order valence-electron chi connectivity index (χ2n) is 2.98. The Labute approximate surface area is 89.7 Å². The van der Waals surface area contributed by atoms with Crippen molar-refractivity contribution in [2.75, 3.05) is 0 Å². The number of benzene rings is 1. The first-order valence-corrected chi connectivity index (χ1v) is 4.18. The van der Waals surface area contributed by atoms with Crippen LogP contribution in [0.15, 0.2) is 12.1 Å². The molecule has 1 N–H and O–H groups in total. The van der Waals surface area contributed by atoms with E-state index in [0.29, 0.717) is 5.56 Å². The lowest BCUT2D eigenvalue weighted by molar-refractivity contribution is -0.0503. The second kappa shape index (κ2) is 4.57. The van der Waals surface area contributed by atoms with Crippen LogP contribution in [-0.2, 0) is 0 Å². The van der Waals surface area contributed by atoms with Crippen LogP contribution >= 0.6 is 0 Å². The van der Waals surface area contributed by atoms with E-state index in [0.717, 1.165) is 6.07 Å². The monoisotopic (exact) mass is 227 g/mol. The molecule has 0 aliphatic rings. The van der Waals surface area contributed by atoms with Crippen molar-refractivity contribution < 1.29 is 23.4 Å². The van der Waals surface area contributed by atoms with Gasteiger partial charge in [0.25, 0.3) is 0 Å². The highest BCUT2D eigenvalue weighted by molar-refractivity contribution is 5.94. The van der Waals surface area contributed by atoms with Crippen LogP contribution in [0.3, 0.4) is 0 Å². The normalized spacial score (nSPS) is 9.94. The zero-order valence-corrected chi connectivity index (χ0v) is 8.20. The number of alkyl halides is 2. The number of hydrogen-bond acceptors (Lipinski definition) is 3. The smallest absolute Gasteiger partial charge is 0.387 e. The van der Waals surface area contributed by atoms with Gasteiger partial charge in [-0.15, -0.1) is 0 Å². The van der Waals surface area contributed by atoms with E-state index in [1.54, 1.807) is 13.0 Å².